The van der Waals surface area contributed by atoms with Crippen LogP contribution in [-0.4, -0.2) is 28.9 Å². The quantitative estimate of drug-likeness (QED) is 0.683. The predicted octanol–water partition coefficient (Wildman–Crippen LogP) is 3.64. The van der Waals surface area contributed by atoms with E-state index in [9.17, 15) is 10.1 Å². The van der Waals surface area contributed by atoms with Gasteiger partial charge in [-0.15, -0.1) is 0 Å². The topological polar surface area (TPSA) is 93.9 Å². The number of nitrogens with zero attached hydrogens (tertiary/aromatic N) is 3. The van der Waals surface area contributed by atoms with Crippen molar-refractivity contribution in [1.29, 1.82) is 5.26 Å². The van der Waals surface area contributed by atoms with Crippen molar-refractivity contribution in [3.63, 3.8) is 0 Å². The molecule has 0 spiro atoms. The van der Waals surface area contributed by atoms with Gasteiger partial charge in [-0.05, 0) is 48.7 Å². The standard InChI is InChI=1S/C23H22N4O2S/c1-27-21(7-10-26-27)20-6-5-19(13-16(20)15-24)30-18-4-2-3-17(14-18)23(22(25)28)8-11-29-12-9-23/h2-7,10,13-14H,8-9,11-12H2,1H3,(H2,25,28). The van der Waals surface area contributed by atoms with Gasteiger partial charge < -0.3 is 10.5 Å². The summed E-state index contributed by atoms with van der Waals surface area (Å²) < 4.78 is 7.20. The van der Waals surface area contributed by atoms with Crippen molar-refractivity contribution in [2.24, 2.45) is 12.8 Å². The van der Waals surface area contributed by atoms with Crippen molar-refractivity contribution in [2.75, 3.05) is 13.2 Å². The zero-order chi connectivity index (χ0) is 21.1. The molecular formula is C23H22N4O2S. The zero-order valence-corrected chi connectivity index (χ0v) is 17.5. The summed E-state index contributed by atoms with van der Waals surface area (Å²) in [5.74, 6) is -0.305. The van der Waals surface area contributed by atoms with Crippen molar-refractivity contribution in [1.82, 2.24) is 9.78 Å². The first kappa shape index (κ1) is 20.2. The zero-order valence-electron chi connectivity index (χ0n) is 16.7. The first-order valence-electron chi connectivity index (χ1n) is 9.72. The fraction of sp³-hybridized carbons (Fsp3) is 0.261. The average molecular weight is 419 g/mol. The lowest BCUT2D eigenvalue weighted by Crippen LogP contribution is -2.45. The highest BCUT2D eigenvalue weighted by Gasteiger charge is 2.40. The minimum Gasteiger partial charge on any atom is -0.381 e. The van der Waals surface area contributed by atoms with Crippen molar-refractivity contribution in [2.45, 2.75) is 28.0 Å². The van der Waals surface area contributed by atoms with Crippen molar-refractivity contribution >= 4 is 17.7 Å². The Morgan fingerprint density at radius 2 is 1.97 bits per heavy atom. The van der Waals surface area contributed by atoms with E-state index in [2.05, 4.69) is 11.2 Å². The van der Waals surface area contributed by atoms with Gasteiger partial charge in [0.2, 0.25) is 5.91 Å². The largest absolute Gasteiger partial charge is 0.381 e. The van der Waals surface area contributed by atoms with Crippen LogP contribution >= 0.6 is 11.8 Å². The predicted molar refractivity (Wildman–Crippen MR) is 115 cm³/mol. The first-order valence-corrected chi connectivity index (χ1v) is 10.5. The van der Waals surface area contributed by atoms with Crippen LogP contribution in [0.25, 0.3) is 11.3 Å². The lowest BCUT2D eigenvalue weighted by molar-refractivity contribution is -0.127. The summed E-state index contributed by atoms with van der Waals surface area (Å²) in [6, 6.07) is 18.0. The number of benzene rings is 2. The van der Waals surface area contributed by atoms with Crippen LogP contribution in [0.5, 0.6) is 0 Å². The molecule has 6 nitrogen and oxygen atoms in total. The minimum absolute atomic E-state index is 0.305. The number of ether oxygens (including phenoxy) is 1. The molecule has 1 aliphatic rings. The Morgan fingerprint density at radius 3 is 2.63 bits per heavy atom. The monoisotopic (exact) mass is 418 g/mol. The molecule has 0 saturated carbocycles. The molecule has 0 unspecified atom stereocenters. The SMILES string of the molecule is Cn1nccc1-c1ccc(Sc2cccc(C3(C(N)=O)CCOCC3)c2)cc1C#N. The van der Waals surface area contributed by atoms with E-state index in [4.69, 9.17) is 10.5 Å². The van der Waals surface area contributed by atoms with E-state index in [-0.39, 0.29) is 5.91 Å². The molecule has 4 rings (SSSR count). The van der Waals surface area contributed by atoms with E-state index in [1.807, 2.05) is 55.6 Å². The van der Waals surface area contributed by atoms with Gasteiger partial charge in [-0.25, -0.2) is 0 Å². The lowest BCUT2D eigenvalue weighted by Gasteiger charge is -2.34. The molecule has 30 heavy (non-hydrogen) atoms. The Balaban J connectivity index is 1.64. The van der Waals surface area contributed by atoms with Crippen LogP contribution in [0.4, 0.5) is 0 Å². The van der Waals surface area contributed by atoms with Gasteiger partial charge in [0.1, 0.15) is 0 Å². The molecule has 0 aliphatic carbocycles. The van der Waals surface area contributed by atoms with Gasteiger partial charge >= 0.3 is 0 Å². The van der Waals surface area contributed by atoms with E-state index < -0.39 is 5.41 Å². The van der Waals surface area contributed by atoms with Crippen LogP contribution in [0.1, 0.15) is 24.0 Å². The van der Waals surface area contributed by atoms with Crippen LogP contribution in [0.3, 0.4) is 0 Å². The number of primary amides is 1. The number of carbonyl (C=O) groups is 1. The van der Waals surface area contributed by atoms with Crippen molar-refractivity contribution in [3.05, 3.63) is 65.9 Å². The third kappa shape index (κ3) is 3.72. The van der Waals surface area contributed by atoms with Gasteiger partial charge in [0.25, 0.3) is 0 Å². The van der Waals surface area contributed by atoms with Gasteiger partial charge in [0, 0.05) is 41.8 Å². The summed E-state index contributed by atoms with van der Waals surface area (Å²) in [6.45, 7) is 1.06. The summed E-state index contributed by atoms with van der Waals surface area (Å²) in [5.41, 5.74) is 8.39. The number of nitriles is 1. The normalized spacial score (nSPS) is 15.5. The van der Waals surface area contributed by atoms with Gasteiger partial charge in [0.05, 0.1) is 22.7 Å². The highest BCUT2D eigenvalue weighted by Crippen LogP contribution is 2.38. The Kier molecular flexibility index (Phi) is 5.62. The molecule has 0 radical (unpaired) electrons. The van der Waals surface area contributed by atoms with E-state index in [1.165, 1.54) is 0 Å². The van der Waals surface area contributed by atoms with Crippen LogP contribution in [-0.2, 0) is 22.0 Å². The maximum Gasteiger partial charge on any atom is 0.228 e. The summed E-state index contributed by atoms with van der Waals surface area (Å²) in [4.78, 5) is 14.3. The summed E-state index contributed by atoms with van der Waals surface area (Å²) >= 11 is 1.56. The molecule has 0 atom stereocenters. The minimum atomic E-state index is -0.684. The maximum atomic E-state index is 12.3. The Bertz CT molecular complexity index is 1130. The summed E-state index contributed by atoms with van der Waals surface area (Å²) in [6.07, 6.45) is 2.90. The van der Waals surface area contributed by atoms with Crippen LogP contribution in [0.15, 0.2) is 64.5 Å². The molecule has 2 aromatic carbocycles. The molecule has 1 saturated heterocycles. The van der Waals surface area contributed by atoms with E-state index in [1.54, 1.807) is 22.6 Å². The van der Waals surface area contributed by atoms with E-state index in [0.29, 0.717) is 31.6 Å². The molecule has 7 heteroatoms. The summed E-state index contributed by atoms with van der Waals surface area (Å²) in [5, 5.41) is 13.8. The highest BCUT2D eigenvalue weighted by molar-refractivity contribution is 7.99. The second kappa shape index (κ2) is 8.34. The second-order valence-electron chi connectivity index (χ2n) is 7.35. The molecule has 1 amide bonds. The fourth-order valence-corrected chi connectivity index (χ4v) is 4.85. The number of aryl methyl sites for hydroxylation is 1. The molecule has 2 heterocycles. The summed E-state index contributed by atoms with van der Waals surface area (Å²) in [7, 11) is 1.86. The number of nitrogens with two attached hydrogens (primary N) is 1. The van der Waals surface area contributed by atoms with Crippen LogP contribution < -0.4 is 5.73 Å². The van der Waals surface area contributed by atoms with E-state index in [0.717, 1.165) is 26.6 Å². The van der Waals surface area contributed by atoms with Gasteiger partial charge in [0.15, 0.2) is 0 Å². The number of carbonyl (C=O) groups excluding carboxylic acids is 1. The van der Waals surface area contributed by atoms with E-state index >= 15 is 0 Å². The third-order valence-electron chi connectivity index (χ3n) is 5.65. The Labute approximate surface area is 179 Å². The number of hydrogen-bond acceptors (Lipinski definition) is 5. The number of hydrogen-bond donors (Lipinski definition) is 1. The molecule has 1 aromatic heterocycles. The van der Waals surface area contributed by atoms with Gasteiger partial charge in [-0.3, -0.25) is 9.48 Å². The first-order chi connectivity index (χ1) is 14.5. The lowest BCUT2D eigenvalue weighted by atomic mass is 9.73. The molecule has 152 valence electrons. The smallest absolute Gasteiger partial charge is 0.228 e. The average Bonchev–Trinajstić information content (AvgIpc) is 3.20. The molecular weight excluding hydrogens is 396 g/mol. The van der Waals surface area contributed by atoms with Crippen molar-refractivity contribution < 1.29 is 9.53 Å². The van der Waals surface area contributed by atoms with Crippen molar-refractivity contribution in [3.8, 4) is 17.3 Å². The van der Waals surface area contributed by atoms with Gasteiger partial charge in [-0.2, -0.15) is 10.4 Å². The third-order valence-corrected chi connectivity index (χ3v) is 6.63. The molecule has 3 aromatic rings. The fourth-order valence-electron chi connectivity index (χ4n) is 3.93. The number of amides is 1. The number of rotatable bonds is 5. The van der Waals surface area contributed by atoms with Crippen LogP contribution in [0.2, 0.25) is 0 Å². The van der Waals surface area contributed by atoms with Gasteiger partial charge in [-0.1, -0.05) is 30.0 Å². The highest BCUT2D eigenvalue weighted by atomic mass is 32.2. The van der Waals surface area contributed by atoms with Crippen LogP contribution in [0, 0.1) is 11.3 Å². The Morgan fingerprint density at radius 1 is 1.20 bits per heavy atom. The molecule has 1 aliphatic heterocycles. The molecule has 2 N–H and O–H groups in total. The second-order valence-corrected chi connectivity index (χ2v) is 8.49. The Hall–Kier alpha value is -3.08. The maximum absolute atomic E-state index is 12.3. The molecule has 0 bridgehead atoms. The molecule has 1 fully saturated rings. The number of aromatic nitrogens is 2.